The van der Waals surface area contributed by atoms with Gasteiger partial charge >= 0.3 is 0 Å². The third-order valence-electron chi connectivity index (χ3n) is 7.47. The van der Waals surface area contributed by atoms with E-state index in [0.29, 0.717) is 12.1 Å². The minimum absolute atomic E-state index is 0.122. The SMILES string of the molecule is Cn1c2ccc1cc1ccc(cc3nc(c(-c4ccc(C(=O)NCc5ccc(Br)cc5)cc4)c4nc(c2)C=C4)C=C3)[nH]1. The number of aromatic amines is 1. The lowest BCUT2D eigenvalue weighted by molar-refractivity contribution is 0.0951. The van der Waals surface area contributed by atoms with E-state index in [0.717, 1.165) is 66.0 Å². The molecule has 6 nitrogen and oxygen atoms in total. The van der Waals surface area contributed by atoms with Crippen molar-refractivity contribution >= 4 is 68.2 Å². The molecule has 3 aromatic heterocycles. The normalized spacial score (nSPS) is 12.0. The molecule has 204 valence electrons. The van der Waals surface area contributed by atoms with E-state index in [2.05, 4.69) is 74.2 Å². The highest BCUT2D eigenvalue weighted by Gasteiger charge is 2.15. The van der Waals surface area contributed by atoms with E-state index in [-0.39, 0.29) is 5.91 Å². The Balaban J connectivity index is 1.31. The average Bonchev–Trinajstić information content (AvgIpc) is 3.81. The lowest BCUT2D eigenvalue weighted by atomic mass is 10.0. The van der Waals surface area contributed by atoms with Crippen molar-refractivity contribution in [3.8, 4) is 11.1 Å². The predicted molar refractivity (Wildman–Crippen MR) is 174 cm³/mol. The molecule has 0 saturated carbocycles. The summed E-state index contributed by atoms with van der Waals surface area (Å²) in [7, 11) is 2.06. The van der Waals surface area contributed by atoms with Gasteiger partial charge in [0.2, 0.25) is 0 Å². The summed E-state index contributed by atoms with van der Waals surface area (Å²) >= 11 is 3.44. The van der Waals surface area contributed by atoms with Crippen molar-refractivity contribution in [2.45, 2.75) is 6.54 Å². The van der Waals surface area contributed by atoms with Crippen LogP contribution in [0.1, 0.15) is 38.7 Å². The maximum absolute atomic E-state index is 12.9. The molecule has 0 atom stereocenters. The minimum Gasteiger partial charge on any atom is -0.355 e. The van der Waals surface area contributed by atoms with Crippen molar-refractivity contribution in [2.24, 2.45) is 7.05 Å². The minimum atomic E-state index is -0.122. The van der Waals surface area contributed by atoms with E-state index in [1.165, 1.54) is 0 Å². The topological polar surface area (TPSA) is 75.6 Å². The van der Waals surface area contributed by atoms with Gasteiger partial charge in [-0.2, -0.15) is 0 Å². The summed E-state index contributed by atoms with van der Waals surface area (Å²) in [6, 6.07) is 30.1. The van der Waals surface area contributed by atoms with Gasteiger partial charge in [-0.25, -0.2) is 9.97 Å². The van der Waals surface area contributed by atoms with Crippen LogP contribution in [0.2, 0.25) is 0 Å². The fourth-order valence-corrected chi connectivity index (χ4v) is 5.46. The van der Waals surface area contributed by atoms with Crippen LogP contribution in [0, 0.1) is 0 Å². The van der Waals surface area contributed by atoms with Gasteiger partial charge in [0.15, 0.2) is 0 Å². The van der Waals surface area contributed by atoms with Crippen LogP contribution in [-0.4, -0.2) is 25.4 Å². The summed E-state index contributed by atoms with van der Waals surface area (Å²) in [6.07, 6.45) is 8.10. The summed E-state index contributed by atoms with van der Waals surface area (Å²) in [5.41, 5.74) is 11.0. The highest BCUT2D eigenvalue weighted by Crippen LogP contribution is 2.31. The number of hydrogen-bond donors (Lipinski definition) is 2. The summed E-state index contributed by atoms with van der Waals surface area (Å²) in [5, 5.41) is 3.01. The first-order valence-corrected chi connectivity index (χ1v) is 14.4. The van der Waals surface area contributed by atoms with E-state index in [9.17, 15) is 4.79 Å². The molecular formula is C35H26BrN5O. The third-order valence-corrected chi connectivity index (χ3v) is 8.00. The molecule has 8 bridgehead atoms. The number of carbonyl (C=O) groups excluding carboxylic acids is 1. The molecular weight excluding hydrogens is 586 g/mol. The van der Waals surface area contributed by atoms with E-state index < -0.39 is 0 Å². The molecule has 2 N–H and O–H groups in total. The number of rotatable bonds is 4. The zero-order valence-corrected chi connectivity index (χ0v) is 24.4. The van der Waals surface area contributed by atoms with Crippen LogP contribution in [0.25, 0.3) is 57.5 Å². The number of nitrogens with zero attached hydrogens (tertiary/aromatic N) is 3. The summed E-state index contributed by atoms with van der Waals surface area (Å²) in [4.78, 5) is 26.3. The molecule has 42 heavy (non-hydrogen) atoms. The number of amides is 1. The molecule has 5 aromatic rings. The van der Waals surface area contributed by atoms with Gasteiger partial charge in [0.05, 0.1) is 22.8 Å². The largest absolute Gasteiger partial charge is 0.355 e. The summed E-state index contributed by atoms with van der Waals surface area (Å²) < 4.78 is 3.16. The molecule has 0 fully saturated rings. The Bertz CT molecular complexity index is 2070. The Morgan fingerprint density at radius 1 is 0.762 bits per heavy atom. The van der Waals surface area contributed by atoms with Gasteiger partial charge in [-0.3, -0.25) is 4.79 Å². The molecule has 0 unspecified atom stereocenters. The second-order valence-electron chi connectivity index (χ2n) is 10.3. The Morgan fingerprint density at radius 2 is 1.38 bits per heavy atom. The molecule has 0 aliphatic carbocycles. The number of hydrogen-bond acceptors (Lipinski definition) is 3. The standard InChI is InChI=1S/C35H26BrN5O/c1-41-30-14-15-31(41)20-29-13-17-33(40-29)34(32-16-12-27(39-32)18-26-10-11-28(19-30)38-26)23-4-6-24(7-5-23)35(42)37-21-22-2-8-25(36)9-3-22/h2-20,38H,21H2,1H3,(H,37,42). The van der Waals surface area contributed by atoms with Crippen molar-refractivity contribution in [3.05, 3.63) is 129 Å². The van der Waals surface area contributed by atoms with Crippen LogP contribution in [0.3, 0.4) is 0 Å². The first-order chi connectivity index (χ1) is 20.5. The van der Waals surface area contributed by atoms with Gasteiger partial charge in [-0.1, -0.05) is 40.2 Å². The van der Waals surface area contributed by atoms with Crippen LogP contribution >= 0.6 is 15.9 Å². The van der Waals surface area contributed by atoms with Crippen molar-refractivity contribution in [1.29, 1.82) is 0 Å². The smallest absolute Gasteiger partial charge is 0.251 e. The summed E-state index contributed by atoms with van der Waals surface area (Å²) in [5.74, 6) is -0.122. The van der Waals surface area contributed by atoms with Gasteiger partial charge in [0.25, 0.3) is 5.91 Å². The molecule has 2 aliphatic rings. The molecule has 1 amide bonds. The van der Waals surface area contributed by atoms with E-state index in [1.54, 1.807) is 0 Å². The van der Waals surface area contributed by atoms with E-state index in [4.69, 9.17) is 9.97 Å². The molecule has 0 spiro atoms. The number of halogens is 1. The van der Waals surface area contributed by atoms with Gasteiger partial charge in [-0.05, 0) is 102 Å². The zero-order chi connectivity index (χ0) is 28.6. The maximum Gasteiger partial charge on any atom is 0.251 e. The first kappa shape index (κ1) is 25.9. The molecule has 2 aromatic carbocycles. The van der Waals surface area contributed by atoms with Gasteiger partial charge < -0.3 is 14.9 Å². The van der Waals surface area contributed by atoms with Crippen LogP contribution in [0.4, 0.5) is 0 Å². The van der Waals surface area contributed by atoms with E-state index >= 15 is 0 Å². The monoisotopic (exact) mass is 611 g/mol. The number of H-pyrrole nitrogens is 1. The molecule has 5 heterocycles. The van der Waals surface area contributed by atoms with Crippen molar-refractivity contribution in [1.82, 2.24) is 24.8 Å². The number of fused-ring (bicyclic) bond motifs is 8. The first-order valence-electron chi connectivity index (χ1n) is 13.7. The van der Waals surface area contributed by atoms with E-state index in [1.807, 2.05) is 78.9 Å². The fourth-order valence-electron chi connectivity index (χ4n) is 5.20. The molecule has 7 rings (SSSR count). The van der Waals surface area contributed by atoms with Crippen LogP contribution in [0.5, 0.6) is 0 Å². The van der Waals surface area contributed by atoms with Crippen molar-refractivity contribution in [2.75, 3.05) is 0 Å². The molecule has 0 saturated heterocycles. The second kappa shape index (κ2) is 10.8. The number of aromatic nitrogens is 4. The fraction of sp³-hybridized carbons (Fsp3) is 0.0571. The maximum atomic E-state index is 12.9. The lowest BCUT2D eigenvalue weighted by Gasteiger charge is -2.08. The van der Waals surface area contributed by atoms with Gasteiger partial charge in [0.1, 0.15) is 0 Å². The zero-order valence-electron chi connectivity index (χ0n) is 22.8. The molecule has 0 radical (unpaired) electrons. The van der Waals surface area contributed by atoms with Crippen molar-refractivity contribution < 1.29 is 4.79 Å². The van der Waals surface area contributed by atoms with Crippen LogP contribution < -0.4 is 5.32 Å². The summed E-state index contributed by atoms with van der Waals surface area (Å²) in [6.45, 7) is 0.460. The van der Waals surface area contributed by atoms with Gasteiger partial charge in [0, 0.05) is 51.3 Å². The highest BCUT2D eigenvalue weighted by molar-refractivity contribution is 9.10. The highest BCUT2D eigenvalue weighted by atomic mass is 79.9. The number of nitrogens with one attached hydrogen (secondary N) is 2. The Labute approximate surface area is 251 Å². The van der Waals surface area contributed by atoms with Crippen LogP contribution in [-0.2, 0) is 13.6 Å². The quantitative estimate of drug-likeness (QED) is 0.211. The Hall–Kier alpha value is -5.01. The second-order valence-corrected chi connectivity index (χ2v) is 11.2. The van der Waals surface area contributed by atoms with Crippen molar-refractivity contribution in [3.63, 3.8) is 0 Å². The van der Waals surface area contributed by atoms with Gasteiger partial charge in [-0.15, -0.1) is 0 Å². The number of benzene rings is 2. The Morgan fingerprint density at radius 3 is 2.07 bits per heavy atom. The Kier molecular flexibility index (Phi) is 6.64. The molecule has 7 heteroatoms. The molecule has 2 aliphatic heterocycles. The average molecular weight is 613 g/mol. The number of carbonyl (C=O) groups is 1. The predicted octanol–water partition coefficient (Wildman–Crippen LogP) is 8.03. The number of aryl methyl sites for hydroxylation is 1. The third kappa shape index (κ3) is 5.22. The lowest BCUT2D eigenvalue weighted by Crippen LogP contribution is -2.22. The van der Waals surface area contributed by atoms with Crippen LogP contribution in [0.15, 0.2) is 95.5 Å².